The molecule has 0 saturated carbocycles. The van der Waals surface area contributed by atoms with Crippen LogP contribution in [0.5, 0.6) is 0 Å². The topological polar surface area (TPSA) is 29.5 Å². The summed E-state index contributed by atoms with van der Waals surface area (Å²) in [5, 5.41) is 8.90. The highest BCUT2D eigenvalue weighted by Gasteiger charge is 2.25. The van der Waals surface area contributed by atoms with E-state index in [9.17, 15) is 0 Å². The highest BCUT2D eigenvalue weighted by atomic mass is 16.5. The lowest BCUT2D eigenvalue weighted by Crippen LogP contribution is -2.32. The average Bonchev–Trinajstić information content (AvgIpc) is 1.90. The van der Waals surface area contributed by atoms with E-state index >= 15 is 0 Å². The molecule has 0 unspecified atom stereocenters. The van der Waals surface area contributed by atoms with Crippen molar-refractivity contribution in [2.75, 3.05) is 13.7 Å². The Bertz CT molecular complexity index is 108. The first kappa shape index (κ1) is 9.66. The first-order chi connectivity index (χ1) is 4.58. The molecule has 0 fully saturated rings. The molecule has 0 rings (SSSR count). The standard InChI is InChI=1S/C8H16O2/c1-5-7(10-4)8(2,3)6-9/h5,7,9H,1,6H2,2-4H3/t7-/m0/s1. The molecule has 0 amide bonds. The van der Waals surface area contributed by atoms with Crippen LogP contribution in [0, 0.1) is 5.41 Å². The minimum atomic E-state index is -0.226. The molecule has 1 N–H and O–H groups in total. The molecule has 0 saturated heterocycles. The molecule has 0 aromatic rings. The van der Waals surface area contributed by atoms with Gasteiger partial charge in [-0.1, -0.05) is 19.9 Å². The molecule has 2 nitrogen and oxygen atoms in total. The maximum absolute atomic E-state index is 8.90. The fourth-order valence-electron chi connectivity index (χ4n) is 0.824. The minimum Gasteiger partial charge on any atom is -0.396 e. The molecule has 0 radical (unpaired) electrons. The fraction of sp³-hybridized carbons (Fsp3) is 0.750. The van der Waals surface area contributed by atoms with Crippen LogP contribution in [0.25, 0.3) is 0 Å². The van der Waals surface area contributed by atoms with E-state index in [1.54, 1.807) is 13.2 Å². The van der Waals surface area contributed by atoms with Crippen molar-refractivity contribution in [1.82, 2.24) is 0 Å². The molecule has 0 aromatic carbocycles. The van der Waals surface area contributed by atoms with Crippen LogP contribution in [0.4, 0.5) is 0 Å². The number of aliphatic hydroxyl groups is 1. The average molecular weight is 144 g/mol. The molecule has 0 aliphatic rings. The van der Waals surface area contributed by atoms with E-state index in [1.807, 2.05) is 13.8 Å². The zero-order chi connectivity index (χ0) is 8.20. The van der Waals surface area contributed by atoms with Crippen LogP contribution < -0.4 is 0 Å². The lowest BCUT2D eigenvalue weighted by atomic mass is 9.87. The van der Waals surface area contributed by atoms with Crippen LogP contribution in [-0.4, -0.2) is 24.9 Å². The van der Waals surface area contributed by atoms with Crippen LogP contribution in [0.3, 0.4) is 0 Å². The molecular weight excluding hydrogens is 128 g/mol. The Hall–Kier alpha value is -0.340. The van der Waals surface area contributed by atoms with Gasteiger partial charge >= 0.3 is 0 Å². The zero-order valence-corrected chi connectivity index (χ0v) is 6.92. The van der Waals surface area contributed by atoms with Gasteiger partial charge in [0.25, 0.3) is 0 Å². The number of aliphatic hydroxyl groups excluding tert-OH is 1. The Kier molecular flexibility index (Phi) is 3.61. The van der Waals surface area contributed by atoms with Crippen molar-refractivity contribution < 1.29 is 9.84 Å². The summed E-state index contributed by atoms with van der Waals surface area (Å²) in [6.07, 6.45) is 1.63. The predicted molar refractivity (Wildman–Crippen MR) is 41.9 cm³/mol. The predicted octanol–water partition coefficient (Wildman–Crippen LogP) is 1.21. The molecular formula is C8H16O2. The largest absolute Gasteiger partial charge is 0.396 e. The Morgan fingerprint density at radius 2 is 2.20 bits per heavy atom. The second-order valence-electron chi connectivity index (χ2n) is 3.04. The minimum absolute atomic E-state index is 0.0718. The van der Waals surface area contributed by atoms with Crippen LogP contribution >= 0.6 is 0 Å². The van der Waals surface area contributed by atoms with Gasteiger partial charge in [0.05, 0.1) is 12.7 Å². The van der Waals surface area contributed by atoms with Crippen molar-refractivity contribution in [1.29, 1.82) is 0 Å². The van der Waals surface area contributed by atoms with Crippen molar-refractivity contribution in [3.63, 3.8) is 0 Å². The van der Waals surface area contributed by atoms with Crippen molar-refractivity contribution in [3.8, 4) is 0 Å². The van der Waals surface area contributed by atoms with E-state index in [4.69, 9.17) is 9.84 Å². The van der Waals surface area contributed by atoms with E-state index in [0.717, 1.165) is 0 Å². The molecule has 0 spiro atoms. The molecule has 0 bridgehead atoms. The normalized spacial score (nSPS) is 14.8. The summed E-state index contributed by atoms with van der Waals surface area (Å²) in [6, 6.07) is 0. The van der Waals surface area contributed by atoms with E-state index < -0.39 is 0 Å². The third-order valence-corrected chi connectivity index (χ3v) is 1.65. The van der Waals surface area contributed by atoms with Crippen molar-refractivity contribution in [2.24, 2.45) is 5.41 Å². The summed E-state index contributed by atoms with van der Waals surface area (Å²) in [4.78, 5) is 0. The lowest BCUT2D eigenvalue weighted by molar-refractivity contribution is 0.00662. The van der Waals surface area contributed by atoms with Gasteiger partial charge in [-0.2, -0.15) is 0 Å². The summed E-state index contributed by atoms with van der Waals surface area (Å²) in [5.74, 6) is 0. The number of hydrogen-bond acceptors (Lipinski definition) is 2. The lowest BCUT2D eigenvalue weighted by Gasteiger charge is -2.28. The third-order valence-electron chi connectivity index (χ3n) is 1.65. The van der Waals surface area contributed by atoms with Crippen molar-refractivity contribution >= 4 is 0 Å². The Morgan fingerprint density at radius 3 is 2.30 bits per heavy atom. The summed E-state index contributed by atoms with van der Waals surface area (Å²) in [7, 11) is 1.61. The monoisotopic (exact) mass is 144 g/mol. The van der Waals surface area contributed by atoms with Gasteiger partial charge in [0.15, 0.2) is 0 Å². The number of methoxy groups -OCH3 is 1. The molecule has 0 aliphatic carbocycles. The first-order valence-corrected chi connectivity index (χ1v) is 3.34. The zero-order valence-electron chi connectivity index (χ0n) is 6.92. The van der Waals surface area contributed by atoms with Crippen LogP contribution in [0.15, 0.2) is 12.7 Å². The molecule has 10 heavy (non-hydrogen) atoms. The van der Waals surface area contributed by atoms with Gasteiger partial charge in [-0.25, -0.2) is 0 Å². The maximum Gasteiger partial charge on any atom is 0.0822 e. The molecule has 0 aromatic heterocycles. The molecule has 0 aliphatic heterocycles. The summed E-state index contributed by atoms with van der Waals surface area (Å²) in [5.41, 5.74) is -0.226. The van der Waals surface area contributed by atoms with Gasteiger partial charge < -0.3 is 9.84 Å². The van der Waals surface area contributed by atoms with Gasteiger partial charge in [-0.3, -0.25) is 0 Å². The van der Waals surface area contributed by atoms with E-state index in [-0.39, 0.29) is 18.1 Å². The van der Waals surface area contributed by atoms with Gasteiger partial charge in [0, 0.05) is 12.5 Å². The number of rotatable bonds is 4. The SMILES string of the molecule is C=C[C@H](OC)C(C)(C)CO. The van der Waals surface area contributed by atoms with Gasteiger partial charge in [0.2, 0.25) is 0 Å². The van der Waals surface area contributed by atoms with Crippen LogP contribution in [-0.2, 0) is 4.74 Å². The van der Waals surface area contributed by atoms with E-state index in [1.165, 1.54) is 0 Å². The van der Waals surface area contributed by atoms with E-state index in [2.05, 4.69) is 6.58 Å². The highest BCUT2D eigenvalue weighted by Crippen LogP contribution is 2.22. The van der Waals surface area contributed by atoms with Crippen LogP contribution in [0.1, 0.15) is 13.8 Å². The van der Waals surface area contributed by atoms with Crippen molar-refractivity contribution in [2.45, 2.75) is 20.0 Å². The Morgan fingerprint density at radius 1 is 1.70 bits per heavy atom. The second kappa shape index (κ2) is 3.74. The first-order valence-electron chi connectivity index (χ1n) is 3.34. The smallest absolute Gasteiger partial charge is 0.0822 e. The molecule has 2 heteroatoms. The number of hydrogen-bond donors (Lipinski definition) is 1. The quantitative estimate of drug-likeness (QED) is 0.601. The summed E-state index contributed by atoms with van der Waals surface area (Å²) >= 11 is 0. The highest BCUT2D eigenvalue weighted by molar-refractivity contribution is 4.91. The van der Waals surface area contributed by atoms with E-state index in [0.29, 0.717) is 0 Å². The summed E-state index contributed by atoms with van der Waals surface area (Å²) in [6.45, 7) is 7.59. The Balaban J connectivity index is 4.10. The molecule has 0 heterocycles. The fourth-order valence-corrected chi connectivity index (χ4v) is 0.824. The van der Waals surface area contributed by atoms with Crippen LogP contribution in [0.2, 0.25) is 0 Å². The van der Waals surface area contributed by atoms with Crippen molar-refractivity contribution in [3.05, 3.63) is 12.7 Å². The third kappa shape index (κ3) is 2.12. The summed E-state index contributed by atoms with van der Waals surface area (Å²) < 4.78 is 5.08. The van der Waals surface area contributed by atoms with Gasteiger partial charge in [-0.05, 0) is 0 Å². The second-order valence-corrected chi connectivity index (χ2v) is 3.04. The van der Waals surface area contributed by atoms with Gasteiger partial charge in [-0.15, -0.1) is 6.58 Å². The maximum atomic E-state index is 8.90. The Labute approximate surface area is 62.5 Å². The molecule has 60 valence electrons. The van der Waals surface area contributed by atoms with Gasteiger partial charge in [0.1, 0.15) is 0 Å². The molecule has 1 atom stereocenters. The number of ether oxygens (including phenoxy) is 1.